The summed E-state index contributed by atoms with van der Waals surface area (Å²) in [7, 11) is 3.99. The summed E-state index contributed by atoms with van der Waals surface area (Å²) in [6.07, 6.45) is 6.56. The van der Waals surface area contributed by atoms with E-state index in [0.29, 0.717) is 17.9 Å². The maximum Gasteiger partial charge on any atom is 0.225 e. The zero-order valence-corrected chi connectivity index (χ0v) is 12.4. The second kappa shape index (κ2) is 7.25. The highest BCUT2D eigenvalue weighted by atomic mass is 16.5. The van der Waals surface area contributed by atoms with Crippen LogP contribution in [0.4, 0.5) is 0 Å². The van der Waals surface area contributed by atoms with Crippen LogP contribution in [0.25, 0.3) is 0 Å². The van der Waals surface area contributed by atoms with E-state index in [1.807, 2.05) is 19.0 Å². The van der Waals surface area contributed by atoms with Gasteiger partial charge in [0.1, 0.15) is 0 Å². The summed E-state index contributed by atoms with van der Waals surface area (Å²) in [5, 5.41) is 3.32. The van der Waals surface area contributed by atoms with Gasteiger partial charge in [-0.3, -0.25) is 4.79 Å². The molecule has 0 aromatic rings. The van der Waals surface area contributed by atoms with Gasteiger partial charge in [0.25, 0.3) is 0 Å². The Hall–Kier alpha value is -0.610. The van der Waals surface area contributed by atoms with Gasteiger partial charge in [0.15, 0.2) is 0 Å². The van der Waals surface area contributed by atoms with Crippen molar-refractivity contribution < 1.29 is 9.53 Å². The Bertz CT molecular complexity index is 282. The molecule has 2 aliphatic rings. The second-order valence-electron chi connectivity index (χ2n) is 6.11. The third-order valence-electron chi connectivity index (χ3n) is 4.73. The third kappa shape index (κ3) is 4.18. The predicted molar refractivity (Wildman–Crippen MR) is 76.0 cm³/mol. The molecule has 0 bridgehead atoms. The molecule has 1 amide bonds. The molecule has 4 nitrogen and oxygen atoms in total. The normalized spacial score (nSPS) is 29.2. The monoisotopic (exact) mass is 268 g/mol. The van der Waals surface area contributed by atoms with Crippen molar-refractivity contribution >= 4 is 5.91 Å². The number of amides is 1. The lowest BCUT2D eigenvalue weighted by atomic mass is 9.85. The molecule has 0 spiro atoms. The van der Waals surface area contributed by atoms with Crippen molar-refractivity contribution in [3.05, 3.63) is 0 Å². The van der Waals surface area contributed by atoms with Crippen LogP contribution in [0.15, 0.2) is 0 Å². The van der Waals surface area contributed by atoms with Gasteiger partial charge in [-0.25, -0.2) is 0 Å². The lowest BCUT2D eigenvalue weighted by Crippen LogP contribution is -2.40. The Morgan fingerprint density at radius 2 is 1.79 bits per heavy atom. The van der Waals surface area contributed by atoms with Crippen LogP contribution in [0.5, 0.6) is 0 Å². The van der Waals surface area contributed by atoms with Gasteiger partial charge in [-0.05, 0) is 51.5 Å². The quantitative estimate of drug-likeness (QED) is 0.843. The number of hydrogen-bond donors (Lipinski definition) is 1. The van der Waals surface area contributed by atoms with Crippen LogP contribution in [-0.2, 0) is 9.53 Å². The fraction of sp³-hybridized carbons (Fsp3) is 0.933. The average molecular weight is 268 g/mol. The van der Waals surface area contributed by atoms with Gasteiger partial charge in [0.2, 0.25) is 5.91 Å². The number of carbonyl (C=O) groups is 1. The average Bonchev–Trinajstić information content (AvgIpc) is 2.47. The van der Waals surface area contributed by atoms with Crippen molar-refractivity contribution in [2.75, 3.05) is 33.9 Å². The van der Waals surface area contributed by atoms with Gasteiger partial charge in [0.05, 0.1) is 0 Å². The SMILES string of the molecule is CNC1CCC(C(=O)N(C)CC2CCOCC2)CC1. The highest BCUT2D eigenvalue weighted by molar-refractivity contribution is 5.78. The molecule has 1 saturated carbocycles. The molecule has 0 aromatic carbocycles. The van der Waals surface area contributed by atoms with Crippen LogP contribution in [0.3, 0.4) is 0 Å². The second-order valence-corrected chi connectivity index (χ2v) is 6.11. The number of nitrogens with zero attached hydrogens (tertiary/aromatic N) is 1. The number of nitrogens with one attached hydrogen (secondary N) is 1. The van der Waals surface area contributed by atoms with E-state index in [-0.39, 0.29) is 5.92 Å². The maximum atomic E-state index is 12.4. The first-order valence-electron chi connectivity index (χ1n) is 7.70. The van der Waals surface area contributed by atoms with Crippen LogP contribution in [0.2, 0.25) is 0 Å². The zero-order chi connectivity index (χ0) is 13.7. The topological polar surface area (TPSA) is 41.6 Å². The van der Waals surface area contributed by atoms with Crippen molar-refractivity contribution in [2.45, 2.75) is 44.6 Å². The zero-order valence-electron chi connectivity index (χ0n) is 12.4. The maximum absolute atomic E-state index is 12.4. The standard InChI is InChI=1S/C15H28N2O2/c1-16-14-5-3-13(4-6-14)15(18)17(2)11-12-7-9-19-10-8-12/h12-14,16H,3-11H2,1-2H3. The highest BCUT2D eigenvalue weighted by Crippen LogP contribution is 2.26. The number of carbonyl (C=O) groups excluding carboxylic acids is 1. The van der Waals surface area contributed by atoms with Crippen LogP contribution < -0.4 is 5.32 Å². The molecule has 0 radical (unpaired) electrons. The number of rotatable bonds is 4. The summed E-state index contributed by atoms with van der Waals surface area (Å²) in [6, 6.07) is 0.616. The van der Waals surface area contributed by atoms with E-state index in [4.69, 9.17) is 4.74 Å². The van der Waals surface area contributed by atoms with Crippen molar-refractivity contribution in [1.29, 1.82) is 0 Å². The fourth-order valence-electron chi connectivity index (χ4n) is 3.35. The number of hydrogen-bond acceptors (Lipinski definition) is 3. The molecular formula is C15H28N2O2. The van der Waals surface area contributed by atoms with E-state index < -0.39 is 0 Å². The van der Waals surface area contributed by atoms with Gasteiger partial charge >= 0.3 is 0 Å². The van der Waals surface area contributed by atoms with Gasteiger partial charge in [0, 0.05) is 38.8 Å². The minimum absolute atomic E-state index is 0.259. The molecule has 0 unspecified atom stereocenters. The third-order valence-corrected chi connectivity index (χ3v) is 4.73. The highest BCUT2D eigenvalue weighted by Gasteiger charge is 2.28. The first kappa shape index (κ1) is 14.8. The Kier molecular flexibility index (Phi) is 5.64. The van der Waals surface area contributed by atoms with Crippen LogP contribution >= 0.6 is 0 Å². The lowest BCUT2D eigenvalue weighted by Gasteiger charge is -2.32. The molecule has 1 saturated heterocycles. The van der Waals surface area contributed by atoms with Gasteiger partial charge < -0.3 is 15.0 Å². The number of ether oxygens (including phenoxy) is 1. The summed E-state index contributed by atoms with van der Waals surface area (Å²) >= 11 is 0. The Morgan fingerprint density at radius 1 is 1.16 bits per heavy atom. The van der Waals surface area contributed by atoms with Crippen molar-refractivity contribution in [1.82, 2.24) is 10.2 Å². The van der Waals surface area contributed by atoms with Crippen LogP contribution in [0, 0.1) is 11.8 Å². The van der Waals surface area contributed by atoms with Gasteiger partial charge in [-0.1, -0.05) is 0 Å². The van der Waals surface area contributed by atoms with Crippen LogP contribution in [0.1, 0.15) is 38.5 Å². The summed E-state index contributed by atoms with van der Waals surface area (Å²) in [5.74, 6) is 1.26. The van der Waals surface area contributed by atoms with Gasteiger partial charge in [-0.2, -0.15) is 0 Å². The summed E-state index contributed by atoms with van der Waals surface area (Å²) in [5.41, 5.74) is 0. The van der Waals surface area contributed by atoms with E-state index in [2.05, 4.69) is 5.32 Å². The fourth-order valence-corrected chi connectivity index (χ4v) is 3.35. The van der Waals surface area contributed by atoms with E-state index in [0.717, 1.165) is 58.3 Å². The Labute approximate surface area is 116 Å². The summed E-state index contributed by atoms with van der Waals surface area (Å²) in [6.45, 7) is 2.63. The molecule has 19 heavy (non-hydrogen) atoms. The minimum Gasteiger partial charge on any atom is -0.381 e. The first-order valence-corrected chi connectivity index (χ1v) is 7.70. The molecule has 0 atom stereocenters. The summed E-state index contributed by atoms with van der Waals surface area (Å²) < 4.78 is 5.37. The smallest absolute Gasteiger partial charge is 0.225 e. The van der Waals surface area contributed by atoms with Gasteiger partial charge in [-0.15, -0.1) is 0 Å². The Morgan fingerprint density at radius 3 is 2.37 bits per heavy atom. The lowest BCUT2D eigenvalue weighted by molar-refractivity contribution is -0.136. The molecule has 4 heteroatoms. The molecule has 1 N–H and O–H groups in total. The van der Waals surface area contributed by atoms with Crippen LogP contribution in [-0.4, -0.2) is 50.7 Å². The first-order chi connectivity index (χ1) is 9.20. The summed E-state index contributed by atoms with van der Waals surface area (Å²) in [4.78, 5) is 14.4. The van der Waals surface area contributed by atoms with Crippen molar-refractivity contribution in [2.24, 2.45) is 11.8 Å². The predicted octanol–water partition coefficient (Wildman–Crippen LogP) is 1.65. The molecule has 110 valence electrons. The molecule has 2 fully saturated rings. The van der Waals surface area contributed by atoms with E-state index >= 15 is 0 Å². The largest absolute Gasteiger partial charge is 0.381 e. The molecule has 1 heterocycles. The van der Waals surface area contributed by atoms with E-state index in [9.17, 15) is 4.79 Å². The minimum atomic E-state index is 0.259. The molecule has 1 aliphatic carbocycles. The molecule has 2 rings (SSSR count). The van der Waals surface area contributed by atoms with E-state index in [1.165, 1.54) is 0 Å². The molecule has 0 aromatic heterocycles. The molecule has 1 aliphatic heterocycles. The Balaban J connectivity index is 1.75. The van der Waals surface area contributed by atoms with Crippen molar-refractivity contribution in [3.8, 4) is 0 Å². The van der Waals surface area contributed by atoms with E-state index in [1.54, 1.807) is 0 Å². The molecular weight excluding hydrogens is 240 g/mol. The van der Waals surface area contributed by atoms with Crippen molar-refractivity contribution in [3.63, 3.8) is 0 Å².